The molecular formula is C16H23N5O2S. The van der Waals surface area contributed by atoms with E-state index >= 15 is 0 Å². The number of carbonyl (C=O) groups is 1. The number of H-pyrrole nitrogens is 1. The quantitative estimate of drug-likeness (QED) is 0.591. The van der Waals surface area contributed by atoms with E-state index in [9.17, 15) is 9.59 Å². The van der Waals surface area contributed by atoms with Crippen LogP contribution in [0.1, 0.15) is 31.5 Å². The predicted octanol–water partition coefficient (Wildman–Crippen LogP) is 2.22. The first-order valence-electron chi connectivity index (χ1n) is 7.86. The zero-order valence-corrected chi connectivity index (χ0v) is 15.2. The van der Waals surface area contributed by atoms with Gasteiger partial charge < -0.3 is 10.3 Å². The Bertz CT molecular complexity index is 766. The molecule has 0 aliphatic rings. The second kappa shape index (κ2) is 8.14. The zero-order chi connectivity index (χ0) is 17.7. The molecule has 24 heavy (non-hydrogen) atoms. The van der Waals surface area contributed by atoms with Crippen molar-refractivity contribution in [3.63, 3.8) is 0 Å². The van der Waals surface area contributed by atoms with Gasteiger partial charge in [0.15, 0.2) is 5.16 Å². The number of carbonyl (C=O) groups excluding carboxylic acids is 1. The predicted molar refractivity (Wildman–Crippen MR) is 95.4 cm³/mol. The fourth-order valence-electron chi connectivity index (χ4n) is 2.35. The lowest BCUT2D eigenvalue weighted by Gasteiger charge is -2.11. The fourth-order valence-corrected chi connectivity index (χ4v) is 2.77. The highest BCUT2D eigenvalue weighted by Crippen LogP contribution is 2.12. The summed E-state index contributed by atoms with van der Waals surface area (Å²) in [6.07, 6.45) is 4.09. The van der Waals surface area contributed by atoms with E-state index in [2.05, 4.69) is 34.2 Å². The summed E-state index contributed by atoms with van der Waals surface area (Å²) in [4.78, 5) is 31.3. The molecule has 7 nitrogen and oxygen atoms in total. The molecule has 2 rings (SSSR count). The highest BCUT2D eigenvalue weighted by atomic mass is 32.2. The van der Waals surface area contributed by atoms with Gasteiger partial charge in [0.05, 0.1) is 6.20 Å². The second-order valence-corrected chi connectivity index (χ2v) is 6.77. The van der Waals surface area contributed by atoms with Gasteiger partial charge in [-0.15, -0.1) is 0 Å². The number of hydrogen-bond donors (Lipinski definition) is 2. The van der Waals surface area contributed by atoms with Crippen molar-refractivity contribution >= 4 is 23.5 Å². The molecule has 0 aliphatic heterocycles. The second-order valence-electron chi connectivity index (χ2n) is 5.98. The number of aryl methyl sites for hydroxylation is 1. The Kier molecular flexibility index (Phi) is 6.19. The number of hydrogen-bond acceptors (Lipinski definition) is 5. The van der Waals surface area contributed by atoms with Gasteiger partial charge in [0, 0.05) is 30.3 Å². The maximum atomic E-state index is 12.2. The number of aromatic nitrogens is 4. The maximum absolute atomic E-state index is 12.2. The number of nitrogens with one attached hydrogen (secondary N) is 2. The van der Waals surface area contributed by atoms with Crippen molar-refractivity contribution in [2.45, 2.75) is 45.3 Å². The smallest absolute Gasteiger partial charge is 0.254 e. The fraction of sp³-hybridized carbons (Fsp3) is 0.500. The van der Waals surface area contributed by atoms with Gasteiger partial charge in [-0.05, 0) is 25.5 Å². The summed E-state index contributed by atoms with van der Waals surface area (Å²) in [5, 5.41) is 7.65. The number of anilines is 1. The molecule has 0 aliphatic carbocycles. The minimum atomic E-state index is -0.176. The molecule has 0 saturated heterocycles. The molecule has 0 spiro atoms. The van der Waals surface area contributed by atoms with Crippen molar-refractivity contribution < 1.29 is 4.79 Å². The van der Waals surface area contributed by atoms with E-state index in [0.717, 1.165) is 6.54 Å². The van der Waals surface area contributed by atoms with Crippen LogP contribution in [0, 0.1) is 12.8 Å². The van der Waals surface area contributed by atoms with Gasteiger partial charge in [0.1, 0.15) is 5.82 Å². The van der Waals surface area contributed by atoms with E-state index in [1.807, 2.05) is 6.26 Å². The average Bonchev–Trinajstić information content (AvgIpc) is 2.92. The summed E-state index contributed by atoms with van der Waals surface area (Å²) in [5.74, 6) is 0.964. The molecule has 2 aromatic rings. The van der Waals surface area contributed by atoms with E-state index in [1.165, 1.54) is 11.8 Å². The minimum Gasteiger partial charge on any atom is -0.311 e. The highest BCUT2D eigenvalue weighted by Gasteiger charge is 2.12. The zero-order valence-electron chi connectivity index (χ0n) is 14.4. The van der Waals surface area contributed by atoms with Crippen LogP contribution < -0.4 is 10.9 Å². The van der Waals surface area contributed by atoms with Crippen LogP contribution in [-0.4, -0.2) is 31.9 Å². The largest absolute Gasteiger partial charge is 0.311 e. The van der Waals surface area contributed by atoms with E-state index in [4.69, 9.17) is 0 Å². The van der Waals surface area contributed by atoms with Gasteiger partial charge >= 0.3 is 0 Å². The van der Waals surface area contributed by atoms with Gasteiger partial charge in [-0.3, -0.25) is 9.59 Å². The van der Waals surface area contributed by atoms with Crippen LogP contribution in [0.4, 0.5) is 5.82 Å². The number of thioether (sulfide) groups is 1. The van der Waals surface area contributed by atoms with Crippen LogP contribution in [0.2, 0.25) is 0 Å². The van der Waals surface area contributed by atoms with Crippen molar-refractivity contribution in [1.29, 1.82) is 0 Å². The Morgan fingerprint density at radius 3 is 2.83 bits per heavy atom. The Hall–Kier alpha value is -2.09. The summed E-state index contributed by atoms with van der Waals surface area (Å²) in [7, 11) is 0. The van der Waals surface area contributed by atoms with Crippen molar-refractivity contribution in [2.24, 2.45) is 5.92 Å². The Labute approximate surface area is 145 Å². The number of aromatic amines is 1. The molecule has 1 amide bonds. The van der Waals surface area contributed by atoms with Crippen LogP contribution in [0.5, 0.6) is 0 Å². The molecule has 0 unspecified atom stereocenters. The number of rotatable bonds is 7. The van der Waals surface area contributed by atoms with Gasteiger partial charge in [-0.2, -0.15) is 5.10 Å². The first-order chi connectivity index (χ1) is 11.4. The SMILES string of the molecule is CSc1nc(C)c(CCC(=O)Nc2ccnn2CC(C)C)c(=O)[nH]1. The van der Waals surface area contributed by atoms with Crippen molar-refractivity contribution in [2.75, 3.05) is 11.6 Å². The Morgan fingerprint density at radius 2 is 2.21 bits per heavy atom. The third kappa shape index (κ3) is 4.70. The lowest BCUT2D eigenvalue weighted by molar-refractivity contribution is -0.116. The third-order valence-corrected chi connectivity index (χ3v) is 4.10. The summed E-state index contributed by atoms with van der Waals surface area (Å²) >= 11 is 1.38. The number of amides is 1. The topological polar surface area (TPSA) is 92.7 Å². The standard InChI is InChI=1S/C16H23N5O2S/c1-10(2)9-21-13(7-8-17-21)19-14(22)6-5-12-11(3)18-16(24-4)20-15(12)23/h7-8,10H,5-6,9H2,1-4H3,(H,19,22)(H,18,20,23). The normalized spacial score (nSPS) is 11.0. The molecule has 0 atom stereocenters. The number of nitrogens with zero attached hydrogens (tertiary/aromatic N) is 3. The highest BCUT2D eigenvalue weighted by molar-refractivity contribution is 7.98. The molecule has 0 saturated carbocycles. The minimum absolute atomic E-state index is 0.145. The molecular weight excluding hydrogens is 326 g/mol. The van der Waals surface area contributed by atoms with Crippen LogP contribution in [-0.2, 0) is 17.8 Å². The van der Waals surface area contributed by atoms with Gasteiger partial charge in [-0.1, -0.05) is 25.6 Å². The van der Waals surface area contributed by atoms with E-state index in [1.54, 1.807) is 23.9 Å². The van der Waals surface area contributed by atoms with Gasteiger partial charge in [0.25, 0.3) is 5.56 Å². The molecule has 2 heterocycles. The van der Waals surface area contributed by atoms with Crippen molar-refractivity contribution in [1.82, 2.24) is 19.7 Å². The molecule has 2 N–H and O–H groups in total. The van der Waals surface area contributed by atoms with E-state index < -0.39 is 0 Å². The summed E-state index contributed by atoms with van der Waals surface area (Å²) < 4.78 is 1.77. The molecule has 0 aromatic carbocycles. The van der Waals surface area contributed by atoms with E-state index in [-0.39, 0.29) is 17.9 Å². The lowest BCUT2D eigenvalue weighted by Crippen LogP contribution is -2.21. The van der Waals surface area contributed by atoms with Crippen LogP contribution in [0.15, 0.2) is 22.2 Å². The Balaban J connectivity index is 1.99. The summed E-state index contributed by atoms with van der Waals surface area (Å²) in [5.41, 5.74) is 1.05. The average molecular weight is 349 g/mol. The van der Waals surface area contributed by atoms with Gasteiger partial charge in [-0.25, -0.2) is 9.67 Å². The Morgan fingerprint density at radius 1 is 1.46 bits per heavy atom. The van der Waals surface area contributed by atoms with Gasteiger partial charge in [0.2, 0.25) is 5.91 Å². The van der Waals surface area contributed by atoms with Crippen LogP contribution >= 0.6 is 11.8 Å². The van der Waals surface area contributed by atoms with Crippen molar-refractivity contribution in [3.05, 3.63) is 33.9 Å². The lowest BCUT2D eigenvalue weighted by atomic mass is 10.1. The molecule has 8 heteroatoms. The summed E-state index contributed by atoms with van der Waals surface area (Å²) in [6.45, 7) is 6.71. The third-order valence-electron chi connectivity index (χ3n) is 3.52. The monoisotopic (exact) mass is 349 g/mol. The molecule has 0 bridgehead atoms. The summed E-state index contributed by atoms with van der Waals surface area (Å²) in [6, 6.07) is 1.77. The van der Waals surface area contributed by atoms with Crippen LogP contribution in [0.25, 0.3) is 0 Å². The molecule has 2 aromatic heterocycles. The van der Waals surface area contributed by atoms with Crippen molar-refractivity contribution in [3.8, 4) is 0 Å². The van der Waals surface area contributed by atoms with E-state index in [0.29, 0.717) is 34.6 Å². The first-order valence-corrected chi connectivity index (χ1v) is 9.08. The molecule has 0 fully saturated rings. The first kappa shape index (κ1) is 18.3. The molecule has 0 radical (unpaired) electrons. The van der Waals surface area contributed by atoms with Crippen LogP contribution in [0.3, 0.4) is 0 Å². The maximum Gasteiger partial charge on any atom is 0.254 e. The molecule has 130 valence electrons.